The van der Waals surface area contributed by atoms with E-state index in [9.17, 15) is 0 Å². The molecule has 3 aliphatic rings. The molecule has 2 aliphatic carbocycles. The van der Waals surface area contributed by atoms with Crippen molar-refractivity contribution in [2.24, 2.45) is 11.8 Å². The predicted octanol–water partition coefficient (Wildman–Crippen LogP) is 2.23. The molecule has 0 aromatic rings. The molecule has 3 rings (SSSR count). The minimum absolute atomic E-state index is 0.882. The van der Waals surface area contributed by atoms with Crippen molar-refractivity contribution in [2.45, 2.75) is 57.4 Å². The molecule has 3 nitrogen and oxygen atoms in total. The van der Waals surface area contributed by atoms with Crippen LogP contribution in [0.3, 0.4) is 0 Å². The maximum Gasteiger partial charge on any atom is 0.0107 e. The molecule has 1 aliphatic heterocycles. The molecule has 1 heterocycles. The first-order valence-electron chi connectivity index (χ1n) is 9.06. The van der Waals surface area contributed by atoms with E-state index < -0.39 is 0 Å². The van der Waals surface area contributed by atoms with E-state index in [0.717, 1.165) is 17.9 Å². The number of hydrogen-bond donors (Lipinski definition) is 2. The average molecular weight is 279 g/mol. The Morgan fingerprint density at radius 2 is 1.75 bits per heavy atom. The van der Waals surface area contributed by atoms with Crippen LogP contribution in [-0.4, -0.2) is 50.2 Å². The lowest BCUT2D eigenvalue weighted by Gasteiger charge is -2.17. The number of likely N-dealkylation sites (tertiary alicyclic amines) is 1. The first kappa shape index (κ1) is 14.8. The second-order valence-electron chi connectivity index (χ2n) is 7.33. The fraction of sp³-hybridized carbons (Fsp3) is 1.00. The van der Waals surface area contributed by atoms with Crippen LogP contribution in [0.15, 0.2) is 0 Å². The molecule has 20 heavy (non-hydrogen) atoms. The van der Waals surface area contributed by atoms with Crippen LogP contribution in [0, 0.1) is 11.8 Å². The van der Waals surface area contributed by atoms with Gasteiger partial charge in [-0.1, -0.05) is 12.8 Å². The zero-order valence-electron chi connectivity index (χ0n) is 13.1. The van der Waals surface area contributed by atoms with Crippen molar-refractivity contribution in [1.29, 1.82) is 0 Å². The molecule has 1 atom stereocenters. The van der Waals surface area contributed by atoms with Crippen LogP contribution in [0.1, 0.15) is 51.4 Å². The highest BCUT2D eigenvalue weighted by atomic mass is 15.2. The zero-order valence-corrected chi connectivity index (χ0v) is 13.1. The molecule has 2 saturated carbocycles. The summed E-state index contributed by atoms with van der Waals surface area (Å²) in [5.74, 6) is 1.94. The van der Waals surface area contributed by atoms with Crippen LogP contribution in [0.2, 0.25) is 0 Å². The number of nitrogens with zero attached hydrogens (tertiary/aromatic N) is 1. The fourth-order valence-electron chi connectivity index (χ4n) is 3.89. The molecule has 0 spiro atoms. The number of hydrogen-bond acceptors (Lipinski definition) is 3. The van der Waals surface area contributed by atoms with Crippen LogP contribution in [0.4, 0.5) is 0 Å². The van der Waals surface area contributed by atoms with Crippen molar-refractivity contribution in [1.82, 2.24) is 15.5 Å². The Morgan fingerprint density at radius 1 is 0.900 bits per heavy atom. The normalized spacial score (nSPS) is 28.5. The SMILES string of the molecule is C1CCC(CNCCN2CCC(CCNC3CC3)C2)C1. The van der Waals surface area contributed by atoms with Gasteiger partial charge in [-0.15, -0.1) is 0 Å². The van der Waals surface area contributed by atoms with E-state index in [1.54, 1.807) is 0 Å². The maximum absolute atomic E-state index is 3.68. The lowest BCUT2D eigenvalue weighted by atomic mass is 10.1. The molecular weight excluding hydrogens is 246 g/mol. The van der Waals surface area contributed by atoms with Gasteiger partial charge in [0.05, 0.1) is 0 Å². The zero-order chi connectivity index (χ0) is 13.6. The molecule has 0 bridgehead atoms. The first-order valence-corrected chi connectivity index (χ1v) is 9.06. The smallest absolute Gasteiger partial charge is 0.0107 e. The number of nitrogens with one attached hydrogen (secondary N) is 2. The molecule has 0 radical (unpaired) electrons. The summed E-state index contributed by atoms with van der Waals surface area (Å²) in [6.45, 7) is 7.66. The summed E-state index contributed by atoms with van der Waals surface area (Å²) in [5, 5.41) is 7.33. The van der Waals surface area contributed by atoms with Gasteiger partial charge in [0.2, 0.25) is 0 Å². The van der Waals surface area contributed by atoms with E-state index in [2.05, 4.69) is 15.5 Å². The van der Waals surface area contributed by atoms with Gasteiger partial charge in [0, 0.05) is 25.7 Å². The summed E-state index contributed by atoms with van der Waals surface area (Å²) >= 11 is 0. The molecule has 3 fully saturated rings. The van der Waals surface area contributed by atoms with E-state index in [-0.39, 0.29) is 0 Å². The quantitative estimate of drug-likeness (QED) is 0.634. The van der Waals surface area contributed by atoms with Gasteiger partial charge in [-0.05, 0) is 70.0 Å². The largest absolute Gasteiger partial charge is 0.315 e. The summed E-state index contributed by atoms with van der Waals surface area (Å²) in [6, 6.07) is 0.882. The minimum Gasteiger partial charge on any atom is -0.315 e. The molecule has 2 N–H and O–H groups in total. The minimum atomic E-state index is 0.882. The lowest BCUT2D eigenvalue weighted by Crippen LogP contribution is -2.32. The second-order valence-corrected chi connectivity index (χ2v) is 7.33. The molecule has 1 saturated heterocycles. The van der Waals surface area contributed by atoms with Crippen molar-refractivity contribution in [3.05, 3.63) is 0 Å². The third kappa shape index (κ3) is 5.01. The summed E-state index contributed by atoms with van der Waals surface area (Å²) in [6.07, 6.45) is 11.5. The Balaban J connectivity index is 1.18. The highest BCUT2D eigenvalue weighted by Gasteiger charge is 2.24. The van der Waals surface area contributed by atoms with Gasteiger partial charge in [0.25, 0.3) is 0 Å². The predicted molar refractivity (Wildman–Crippen MR) is 85.0 cm³/mol. The summed E-state index contributed by atoms with van der Waals surface area (Å²) in [5.41, 5.74) is 0. The highest BCUT2D eigenvalue weighted by molar-refractivity contribution is 4.82. The topological polar surface area (TPSA) is 27.3 Å². The van der Waals surface area contributed by atoms with E-state index in [4.69, 9.17) is 0 Å². The van der Waals surface area contributed by atoms with E-state index in [0.29, 0.717) is 0 Å². The Hall–Kier alpha value is -0.120. The standard InChI is InChI=1S/C17H33N3/c1-2-4-15(3-1)13-18-10-12-20-11-8-16(14-20)7-9-19-17-5-6-17/h15-19H,1-14H2. The molecule has 0 aromatic heterocycles. The fourth-order valence-corrected chi connectivity index (χ4v) is 3.89. The van der Waals surface area contributed by atoms with Crippen molar-refractivity contribution in [2.75, 3.05) is 39.3 Å². The molecule has 116 valence electrons. The number of rotatable bonds is 9. The van der Waals surface area contributed by atoms with Gasteiger partial charge in [0.1, 0.15) is 0 Å². The van der Waals surface area contributed by atoms with Crippen LogP contribution in [0.5, 0.6) is 0 Å². The van der Waals surface area contributed by atoms with E-state index >= 15 is 0 Å². The van der Waals surface area contributed by atoms with Crippen LogP contribution >= 0.6 is 0 Å². The van der Waals surface area contributed by atoms with Gasteiger partial charge >= 0.3 is 0 Å². The Morgan fingerprint density at radius 3 is 2.55 bits per heavy atom. The van der Waals surface area contributed by atoms with Crippen molar-refractivity contribution in [3.8, 4) is 0 Å². The van der Waals surface area contributed by atoms with Crippen LogP contribution in [0.25, 0.3) is 0 Å². The average Bonchev–Trinajstić information content (AvgIpc) is 2.95. The molecular formula is C17H33N3. The van der Waals surface area contributed by atoms with Gasteiger partial charge < -0.3 is 15.5 Å². The van der Waals surface area contributed by atoms with Gasteiger partial charge in [-0.3, -0.25) is 0 Å². The van der Waals surface area contributed by atoms with Crippen LogP contribution in [-0.2, 0) is 0 Å². The van der Waals surface area contributed by atoms with Crippen molar-refractivity contribution in [3.63, 3.8) is 0 Å². The lowest BCUT2D eigenvalue weighted by molar-refractivity contribution is 0.314. The highest BCUT2D eigenvalue weighted by Crippen LogP contribution is 2.24. The summed E-state index contributed by atoms with van der Waals surface area (Å²) in [7, 11) is 0. The maximum atomic E-state index is 3.68. The molecule has 1 unspecified atom stereocenters. The third-order valence-electron chi connectivity index (χ3n) is 5.45. The van der Waals surface area contributed by atoms with Gasteiger partial charge in [-0.25, -0.2) is 0 Å². The Labute approximate surface area is 124 Å². The Bertz CT molecular complexity index is 271. The third-order valence-corrected chi connectivity index (χ3v) is 5.45. The summed E-state index contributed by atoms with van der Waals surface area (Å²) in [4.78, 5) is 2.67. The van der Waals surface area contributed by atoms with E-state index in [1.165, 1.54) is 90.6 Å². The monoisotopic (exact) mass is 279 g/mol. The van der Waals surface area contributed by atoms with Gasteiger partial charge in [0.15, 0.2) is 0 Å². The summed E-state index contributed by atoms with van der Waals surface area (Å²) < 4.78 is 0. The molecule has 0 aromatic carbocycles. The van der Waals surface area contributed by atoms with Crippen molar-refractivity contribution < 1.29 is 0 Å². The van der Waals surface area contributed by atoms with Gasteiger partial charge in [-0.2, -0.15) is 0 Å². The van der Waals surface area contributed by atoms with E-state index in [1.807, 2.05) is 0 Å². The first-order chi connectivity index (χ1) is 9.90. The molecule has 3 heteroatoms. The molecule has 0 amide bonds. The van der Waals surface area contributed by atoms with Crippen LogP contribution < -0.4 is 10.6 Å². The Kier molecular flexibility index (Phi) is 5.75. The second kappa shape index (κ2) is 7.77. The van der Waals surface area contributed by atoms with Crippen molar-refractivity contribution >= 4 is 0 Å².